The van der Waals surface area contributed by atoms with Crippen LogP contribution < -0.4 is 10.5 Å². The Kier molecular flexibility index (Phi) is 4.61. The number of likely N-dealkylation sites (tertiary alicyclic amines) is 1. The van der Waals surface area contributed by atoms with E-state index < -0.39 is 5.82 Å². The minimum Gasteiger partial charge on any atom is -0.491 e. The number of hydrogen-bond acceptors (Lipinski definition) is 3. The molecule has 1 aromatic rings. The van der Waals surface area contributed by atoms with Gasteiger partial charge in [0.15, 0.2) is 0 Å². The Labute approximate surface area is 116 Å². The molecule has 0 aromatic heterocycles. The Morgan fingerprint density at radius 2 is 2.37 bits per heavy atom. The number of nitrogens with zero attached hydrogens (tertiary/aromatic N) is 1. The molecule has 1 aliphatic rings. The van der Waals surface area contributed by atoms with Gasteiger partial charge >= 0.3 is 0 Å². The number of nitrogens with two attached hydrogens (primary N) is 1. The van der Waals surface area contributed by atoms with Gasteiger partial charge in [0.25, 0.3) is 0 Å². The number of hydrogen-bond donors (Lipinski definition) is 1. The van der Waals surface area contributed by atoms with Gasteiger partial charge in [-0.05, 0) is 24.6 Å². The maximum absolute atomic E-state index is 12.8. The molecule has 0 aliphatic carbocycles. The molecular weight excluding hydrogens is 271 g/mol. The van der Waals surface area contributed by atoms with Crippen molar-refractivity contribution in [3.8, 4) is 5.75 Å². The van der Waals surface area contributed by atoms with Crippen LogP contribution in [0.5, 0.6) is 5.75 Å². The highest BCUT2D eigenvalue weighted by Gasteiger charge is 2.23. The lowest BCUT2D eigenvalue weighted by atomic mass is 10.3. The first kappa shape index (κ1) is 14.1. The van der Waals surface area contributed by atoms with Gasteiger partial charge < -0.3 is 15.4 Å². The molecule has 0 bridgehead atoms. The van der Waals surface area contributed by atoms with Crippen molar-refractivity contribution in [2.24, 2.45) is 5.73 Å². The van der Waals surface area contributed by atoms with Gasteiger partial charge in [-0.25, -0.2) is 4.39 Å². The standard InChI is InChI=1S/C13H16ClFN2O2/c14-11-7-9(15)1-2-12(11)19-6-4-13(18)17-5-3-10(16)8-17/h1-2,7,10H,3-6,8,16H2/t10-/m0/s1. The molecule has 2 rings (SSSR count). The van der Waals surface area contributed by atoms with Gasteiger partial charge in [0.1, 0.15) is 11.6 Å². The van der Waals surface area contributed by atoms with Crippen LogP contribution in [0.15, 0.2) is 18.2 Å². The molecule has 1 saturated heterocycles. The summed E-state index contributed by atoms with van der Waals surface area (Å²) in [4.78, 5) is 13.6. The van der Waals surface area contributed by atoms with Crippen LogP contribution >= 0.6 is 11.6 Å². The van der Waals surface area contributed by atoms with Crippen molar-refractivity contribution in [3.05, 3.63) is 29.0 Å². The van der Waals surface area contributed by atoms with Crippen LogP contribution in [0.2, 0.25) is 5.02 Å². The fourth-order valence-electron chi connectivity index (χ4n) is 2.01. The summed E-state index contributed by atoms with van der Waals surface area (Å²) >= 11 is 5.81. The second kappa shape index (κ2) is 6.21. The van der Waals surface area contributed by atoms with Crippen molar-refractivity contribution in [1.82, 2.24) is 4.90 Å². The summed E-state index contributed by atoms with van der Waals surface area (Å²) in [5, 5.41) is 0.204. The Bertz CT molecular complexity index is 470. The van der Waals surface area contributed by atoms with Gasteiger partial charge in [-0.15, -0.1) is 0 Å². The smallest absolute Gasteiger partial charge is 0.226 e. The van der Waals surface area contributed by atoms with E-state index in [0.29, 0.717) is 18.8 Å². The minimum absolute atomic E-state index is 0.0196. The summed E-state index contributed by atoms with van der Waals surface area (Å²) in [6.45, 7) is 1.53. The lowest BCUT2D eigenvalue weighted by Gasteiger charge is -2.16. The Balaban J connectivity index is 1.78. The molecule has 1 aliphatic heterocycles. The van der Waals surface area contributed by atoms with Crippen LogP contribution in [-0.2, 0) is 4.79 Å². The highest BCUT2D eigenvalue weighted by molar-refractivity contribution is 6.32. The van der Waals surface area contributed by atoms with Crippen LogP contribution in [-0.4, -0.2) is 36.5 Å². The summed E-state index contributed by atoms with van der Waals surface area (Å²) in [7, 11) is 0. The van der Waals surface area contributed by atoms with E-state index >= 15 is 0 Å². The number of halogens is 2. The molecule has 19 heavy (non-hydrogen) atoms. The van der Waals surface area contributed by atoms with Crippen molar-refractivity contribution in [3.63, 3.8) is 0 Å². The highest BCUT2D eigenvalue weighted by atomic mass is 35.5. The third-order valence-corrected chi connectivity index (χ3v) is 3.34. The number of carbonyl (C=O) groups is 1. The fourth-order valence-corrected chi connectivity index (χ4v) is 2.23. The van der Waals surface area contributed by atoms with E-state index in [1.165, 1.54) is 18.2 Å². The predicted octanol–water partition coefficient (Wildman–Crippen LogP) is 1.81. The van der Waals surface area contributed by atoms with Gasteiger partial charge in [0.2, 0.25) is 5.91 Å². The fraction of sp³-hybridized carbons (Fsp3) is 0.462. The molecule has 1 heterocycles. The normalized spacial score (nSPS) is 18.7. The van der Waals surface area contributed by atoms with Crippen molar-refractivity contribution in [1.29, 1.82) is 0 Å². The molecule has 0 saturated carbocycles. The summed E-state index contributed by atoms with van der Waals surface area (Å²) < 4.78 is 18.2. The number of benzene rings is 1. The molecule has 104 valence electrons. The van der Waals surface area contributed by atoms with Gasteiger partial charge in [0.05, 0.1) is 18.1 Å². The maximum atomic E-state index is 12.8. The third kappa shape index (κ3) is 3.81. The zero-order valence-corrected chi connectivity index (χ0v) is 11.2. The lowest BCUT2D eigenvalue weighted by Crippen LogP contribution is -2.32. The van der Waals surface area contributed by atoms with Crippen LogP contribution in [0.3, 0.4) is 0 Å². The topological polar surface area (TPSA) is 55.6 Å². The molecule has 1 fully saturated rings. The molecule has 1 amide bonds. The van der Waals surface area contributed by atoms with Crippen molar-refractivity contribution in [2.45, 2.75) is 18.9 Å². The molecule has 0 radical (unpaired) electrons. The summed E-state index contributed by atoms with van der Waals surface area (Å²) in [6, 6.07) is 3.98. The predicted molar refractivity (Wildman–Crippen MR) is 70.7 cm³/mol. The monoisotopic (exact) mass is 286 g/mol. The Morgan fingerprint density at radius 3 is 3.00 bits per heavy atom. The van der Waals surface area contributed by atoms with Crippen LogP contribution in [0.4, 0.5) is 4.39 Å². The van der Waals surface area contributed by atoms with Gasteiger partial charge in [-0.1, -0.05) is 11.6 Å². The molecule has 6 heteroatoms. The second-order valence-corrected chi connectivity index (χ2v) is 4.97. The zero-order valence-electron chi connectivity index (χ0n) is 10.4. The number of rotatable bonds is 4. The summed E-state index contributed by atoms with van der Waals surface area (Å²) in [6.07, 6.45) is 1.11. The van der Waals surface area contributed by atoms with Gasteiger partial charge in [0, 0.05) is 19.1 Å². The molecule has 1 aromatic carbocycles. The van der Waals surface area contributed by atoms with Crippen LogP contribution in [0.1, 0.15) is 12.8 Å². The van der Waals surface area contributed by atoms with E-state index in [2.05, 4.69) is 0 Å². The third-order valence-electron chi connectivity index (χ3n) is 3.04. The largest absolute Gasteiger partial charge is 0.491 e. The Hall–Kier alpha value is -1.33. The number of carbonyl (C=O) groups excluding carboxylic acids is 1. The van der Waals surface area contributed by atoms with Gasteiger partial charge in [-0.3, -0.25) is 4.79 Å². The summed E-state index contributed by atoms with van der Waals surface area (Å²) in [5.41, 5.74) is 5.74. The molecule has 4 nitrogen and oxygen atoms in total. The molecule has 0 unspecified atom stereocenters. The Morgan fingerprint density at radius 1 is 1.58 bits per heavy atom. The van der Waals surface area contributed by atoms with E-state index in [1.807, 2.05) is 0 Å². The quantitative estimate of drug-likeness (QED) is 0.918. The molecular formula is C13H16ClFN2O2. The SMILES string of the molecule is N[C@H]1CCN(C(=O)CCOc2ccc(F)cc2Cl)C1. The first-order chi connectivity index (χ1) is 9.06. The molecule has 1 atom stereocenters. The van der Waals surface area contributed by atoms with Crippen LogP contribution in [0, 0.1) is 5.82 Å². The maximum Gasteiger partial charge on any atom is 0.226 e. The molecule has 0 spiro atoms. The van der Waals surface area contributed by atoms with E-state index in [0.717, 1.165) is 6.42 Å². The highest BCUT2D eigenvalue weighted by Crippen LogP contribution is 2.24. The van der Waals surface area contributed by atoms with Crippen LogP contribution in [0.25, 0.3) is 0 Å². The lowest BCUT2D eigenvalue weighted by molar-refractivity contribution is -0.130. The second-order valence-electron chi connectivity index (χ2n) is 4.56. The van der Waals surface area contributed by atoms with Gasteiger partial charge in [-0.2, -0.15) is 0 Å². The van der Waals surface area contributed by atoms with Crippen molar-refractivity contribution < 1.29 is 13.9 Å². The molecule has 2 N–H and O–H groups in total. The van der Waals surface area contributed by atoms with E-state index in [4.69, 9.17) is 22.1 Å². The van der Waals surface area contributed by atoms with E-state index in [1.54, 1.807) is 4.90 Å². The number of amides is 1. The first-order valence-corrected chi connectivity index (χ1v) is 6.55. The first-order valence-electron chi connectivity index (χ1n) is 6.17. The average molecular weight is 287 g/mol. The number of ether oxygens (including phenoxy) is 1. The van der Waals surface area contributed by atoms with E-state index in [9.17, 15) is 9.18 Å². The summed E-state index contributed by atoms with van der Waals surface area (Å²) in [5.74, 6) is -0.0142. The zero-order chi connectivity index (χ0) is 13.8. The van der Waals surface area contributed by atoms with E-state index in [-0.39, 0.29) is 30.0 Å². The van der Waals surface area contributed by atoms with Crippen molar-refractivity contribution >= 4 is 17.5 Å². The van der Waals surface area contributed by atoms with Crippen molar-refractivity contribution in [2.75, 3.05) is 19.7 Å². The average Bonchev–Trinajstić information content (AvgIpc) is 2.78. The minimum atomic E-state index is -0.417.